The van der Waals surface area contributed by atoms with Crippen molar-refractivity contribution >= 4 is 33.0 Å². The molecule has 0 unspecified atom stereocenters. The van der Waals surface area contributed by atoms with Crippen LogP contribution >= 0.6 is 11.3 Å². The normalized spacial score (nSPS) is 10.8. The van der Waals surface area contributed by atoms with Gasteiger partial charge in [-0.05, 0) is 42.5 Å². The van der Waals surface area contributed by atoms with Crippen molar-refractivity contribution in [3.05, 3.63) is 65.0 Å². The minimum atomic E-state index is -0.181. The fourth-order valence-electron chi connectivity index (χ4n) is 3.22. The highest BCUT2D eigenvalue weighted by Crippen LogP contribution is 2.37. The lowest BCUT2D eigenvalue weighted by Crippen LogP contribution is -2.03. The Morgan fingerprint density at radius 1 is 0.933 bits per heavy atom. The third-order valence-corrected chi connectivity index (χ3v) is 5.93. The zero-order chi connectivity index (χ0) is 21.3. The molecule has 2 heterocycles. The quantitative estimate of drug-likeness (QED) is 0.451. The summed E-state index contributed by atoms with van der Waals surface area (Å²) in [5.41, 5.74) is 8.93. The van der Waals surface area contributed by atoms with E-state index in [9.17, 15) is 4.79 Å². The van der Waals surface area contributed by atoms with Gasteiger partial charge in [0.25, 0.3) is 0 Å². The summed E-state index contributed by atoms with van der Waals surface area (Å²) in [4.78, 5) is 19.0. The molecule has 0 spiro atoms. The van der Waals surface area contributed by atoms with Gasteiger partial charge in [-0.3, -0.25) is 4.79 Å². The first kappa shape index (κ1) is 19.7. The van der Waals surface area contributed by atoms with Gasteiger partial charge in [-0.25, -0.2) is 4.98 Å². The molecule has 0 saturated heterocycles. The standard InChI is InChI=1S/C23H20N2O4S/c1-27-15-6-4-5-13(11-15)17-9-8-16-20(24)22(30-23(16)25-17)21(26)14-7-10-18(28-2)19(12-14)29-3/h4-12H,24H2,1-3H3. The maximum Gasteiger partial charge on any atom is 0.205 e. The number of aromatic nitrogens is 1. The highest BCUT2D eigenvalue weighted by atomic mass is 32.1. The Hall–Kier alpha value is -3.58. The molecule has 0 radical (unpaired) electrons. The van der Waals surface area contributed by atoms with Crippen LogP contribution in [-0.2, 0) is 0 Å². The SMILES string of the molecule is COc1cccc(-c2ccc3c(N)c(C(=O)c4ccc(OC)c(OC)c4)sc3n2)c1. The first-order valence-corrected chi connectivity index (χ1v) is 9.97. The number of carbonyl (C=O) groups is 1. The zero-order valence-corrected chi connectivity index (χ0v) is 17.6. The van der Waals surface area contributed by atoms with Gasteiger partial charge in [0.2, 0.25) is 5.78 Å². The Balaban J connectivity index is 1.75. The van der Waals surface area contributed by atoms with Crippen LogP contribution in [0.2, 0.25) is 0 Å². The molecule has 30 heavy (non-hydrogen) atoms. The number of methoxy groups -OCH3 is 3. The van der Waals surface area contributed by atoms with Gasteiger partial charge in [-0.1, -0.05) is 12.1 Å². The molecule has 0 bridgehead atoms. The van der Waals surface area contributed by atoms with Gasteiger partial charge in [-0.15, -0.1) is 11.3 Å². The molecule has 0 amide bonds. The molecule has 4 aromatic rings. The topological polar surface area (TPSA) is 83.7 Å². The van der Waals surface area contributed by atoms with Crippen molar-refractivity contribution in [2.75, 3.05) is 27.1 Å². The summed E-state index contributed by atoms with van der Waals surface area (Å²) < 4.78 is 15.8. The lowest BCUT2D eigenvalue weighted by atomic mass is 10.1. The highest BCUT2D eigenvalue weighted by molar-refractivity contribution is 7.21. The van der Waals surface area contributed by atoms with Crippen molar-refractivity contribution in [1.82, 2.24) is 4.98 Å². The number of thiophene rings is 1. The van der Waals surface area contributed by atoms with Gasteiger partial charge < -0.3 is 19.9 Å². The van der Waals surface area contributed by atoms with Crippen molar-refractivity contribution in [2.24, 2.45) is 0 Å². The van der Waals surface area contributed by atoms with Crippen LogP contribution in [0, 0.1) is 0 Å². The van der Waals surface area contributed by atoms with E-state index >= 15 is 0 Å². The van der Waals surface area contributed by atoms with E-state index in [0.29, 0.717) is 32.5 Å². The van der Waals surface area contributed by atoms with E-state index in [1.807, 2.05) is 36.4 Å². The summed E-state index contributed by atoms with van der Waals surface area (Å²) in [6, 6.07) is 16.5. The van der Waals surface area contributed by atoms with Gasteiger partial charge in [0, 0.05) is 16.5 Å². The molecular formula is C23H20N2O4S. The molecule has 0 saturated carbocycles. The summed E-state index contributed by atoms with van der Waals surface area (Å²) in [5.74, 6) is 1.62. The van der Waals surface area contributed by atoms with E-state index in [1.165, 1.54) is 18.4 Å². The van der Waals surface area contributed by atoms with E-state index in [1.54, 1.807) is 32.4 Å². The summed E-state index contributed by atoms with van der Waals surface area (Å²) in [7, 11) is 4.71. The smallest absolute Gasteiger partial charge is 0.205 e. The minimum absolute atomic E-state index is 0.181. The van der Waals surface area contributed by atoms with E-state index in [4.69, 9.17) is 24.9 Å². The van der Waals surface area contributed by atoms with Crippen LogP contribution in [0.4, 0.5) is 5.69 Å². The largest absolute Gasteiger partial charge is 0.497 e. The van der Waals surface area contributed by atoms with Crippen LogP contribution in [0.5, 0.6) is 17.2 Å². The van der Waals surface area contributed by atoms with Gasteiger partial charge in [0.05, 0.1) is 32.7 Å². The van der Waals surface area contributed by atoms with Gasteiger partial charge in [0.15, 0.2) is 11.5 Å². The molecule has 0 aliphatic heterocycles. The lowest BCUT2D eigenvalue weighted by molar-refractivity contribution is 0.104. The number of hydrogen-bond acceptors (Lipinski definition) is 7. The summed E-state index contributed by atoms with van der Waals surface area (Å²) in [6.45, 7) is 0. The first-order valence-electron chi connectivity index (χ1n) is 9.16. The molecule has 2 aromatic heterocycles. The molecule has 0 aliphatic rings. The molecule has 2 N–H and O–H groups in total. The summed E-state index contributed by atoms with van der Waals surface area (Å²) in [6.07, 6.45) is 0. The first-order chi connectivity index (χ1) is 14.5. The van der Waals surface area contributed by atoms with Crippen molar-refractivity contribution in [2.45, 2.75) is 0 Å². The molecule has 0 atom stereocenters. The molecular weight excluding hydrogens is 400 g/mol. The number of fused-ring (bicyclic) bond motifs is 1. The fourth-order valence-corrected chi connectivity index (χ4v) is 4.27. The second-order valence-electron chi connectivity index (χ2n) is 6.52. The van der Waals surface area contributed by atoms with Crippen LogP contribution in [0.3, 0.4) is 0 Å². The molecule has 4 rings (SSSR count). The average molecular weight is 420 g/mol. The van der Waals surface area contributed by atoms with Crippen LogP contribution in [0.15, 0.2) is 54.6 Å². The Morgan fingerprint density at radius 3 is 2.47 bits per heavy atom. The van der Waals surface area contributed by atoms with Crippen molar-refractivity contribution in [3.8, 4) is 28.5 Å². The minimum Gasteiger partial charge on any atom is -0.497 e. The predicted molar refractivity (Wildman–Crippen MR) is 119 cm³/mol. The molecule has 2 aromatic carbocycles. The number of nitrogens with zero attached hydrogens (tertiary/aromatic N) is 1. The van der Waals surface area contributed by atoms with Crippen LogP contribution in [0.25, 0.3) is 21.5 Å². The molecule has 152 valence electrons. The van der Waals surface area contributed by atoms with Crippen LogP contribution in [-0.4, -0.2) is 32.1 Å². The molecule has 6 nitrogen and oxygen atoms in total. The lowest BCUT2D eigenvalue weighted by Gasteiger charge is -2.08. The monoisotopic (exact) mass is 420 g/mol. The Bertz CT molecular complexity index is 1250. The van der Waals surface area contributed by atoms with Crippen molar-refractivity contribution in [3.63, 3.8) is 0 Å². The van der Waals surface area contributed by atoms with E-state index in [-0.39, 0.29) is 5.78 Å². The van der Waals surface area contributed by atoms with Gasteiger partial charge in [-0.2, -0.15) is 0 Å². The Kier molecular flexibility index (Phi) is 5.29. The number of nitrogens with two attached hydrogens (primary N) is 1. The average Bonchev–Trinajstić information content (AvgIpc) is 3.13. The van der Waals surface area contributed by atoms with Gasteiger partial charge >= 0.3 is 0 Å². The molecule has 7 heteroatoms. The maximum absolute atomic E-state index is 13.1. The number of ketones is 1. The van der Waals surface area contributed by atoms with E-state index < -0.39 is 0 Å². The number of benzene rings is 2. The van der Waals surface area contributed by atoms with Crippen molar-refractivity contribution in [1.29, 1.82) is 0 Å². The second kappa shape index (κ2) is 8.04. The highest BCUT2D eigenvalue weighted by Gasteiger charge is 2.20. The number of hydrogen-bond donors (Lipinski definition) is 1. The number of anilines is 1. The Labute approximate surface area is 177 Å². The number of ether oxygens (including phenoxy) is 3. The molecule has 0 aliphatic carbocycles. The maximum atomic E-state index is 13.1. The number of pyridine rings is 1. The third-order valence-electron chi connectivity index (χ3n) is 4.81. The molecule has 0 fully saturated rings. The Morgan fingerprint density at radius 2 is 1.73 bits per heavy atom. The zero-order valence-electron chi connectivity index (χ0n) is 16.8. The second-order valence-corrected chi connectivity index (χ2v) is 7.52. The number of carbonyl (C=O) groups excluding carboxylic acids is 1. The third kappa shape index (κ3) is 3.44. The predicted octanol–water partition coefficient (Wildman–Crippen LogP) is 4.80. The summed E-state index contributed by atoms with van der Waals surface area (Å²) in [5, 5.41) is 0.760. The number of rotatable bonds is 6. The van der Waals surface area contributed by atoms with Crippen LogP contribution in [0.1, 0.15) is 15.2 Å². The van der Waals surface area contributed by atoms with E-state index in [0.717, 1.165) is 22.4 Å². The van der Waals surface area contributed by atoms with Gasteiger partial charge in [0.1, 0.15) is 15.5 Å². The number of nitrogen functional groups attached to an aromatic ring is 1. The fraction of sp³-hybridized carbons (Fsp3) is 0.130. The summed E-state index contributed by atoms with van der Waals surface area (Å²) >= 11 is 1.28. The van der Waals surface area contributed by atoms with Crippen molar-refractivity contribution < 1.29 is 19.0 Å². The van der Waals surface area contributed by atoms with E-state index in [2.05, 4.69) is 0 Å². The van der Waals surface area contributed by atoms with Crippen LogP contribution < -0.4 is 19.9 Å².